The fraction of sp³-hybridized carbons (Fsp3) is 0.250. The van der Waals surface area contributed by atoms with Gasteiger partial charge < -0.3 is 0 Å². The number of sulfonamides is 1. The first-order valence-electron chi connectivity index (χ1n) is 6.15. The molecule has 0 saturated heterocycles. The van der Waals surface area contributed by atoms with Gasteiger partial charge in [0.2, 0.25) is 0 Å². The van der Waals surface area contributed by atoms with Gasteiger partial charge in [0.15, 0.2) is 5.82 Å². The van der Waals surface area contributed by atoms with Gasteiger partial charge in [-0.1, -0.05) is 13.0 Å². The average molecular weight is 310 g/mol. The van der Waals surface area contributed by atoms with Crippen molar-refractivity contribution in [1.82, 2.24) is 10.2 Å². The molecule has 2 rings (SSSR count). The van der Waals surface area contributed by atoms with Gasteiger partial charge in [0.1, 0.15) is 0 Å². The van der Waals surface area contributed by atoms with E-state index in [0.29, 0.717) is 12.0 Å². The Morgan fingerprint density at radius 3 is 2.67 bits per heavy atom. The smallest absolute Gasteiger partial charge is 0.273 e. The number of nitrogens with zero attached hydrogens (tertiary/aromatic N) is 2. The van der Waals surface area contributed by atoms with Gasteiger partial charge in [-0.25, -0.2) is 8.42 Å². The summed E-state index contributed by atoms with van der Waals surface area (Å²) in [4.78, 5) is 10.1. The van der Waals surface area contributed by atoms with Crippen molar-refractivity contribution in [1.29, 1.82) is 0 Å². The lowest BCUT2D eigenvalue weighted by molar-refractivity contribution is -0.385. The Balaban J connectivity index is 2.35. The van der Waals surface area contributed by atoms with Crippen LogP contribution in [0, 0.1) is 17.0 Å². The summed E-state index contributed by atoms with van der Waals surface area (Å²) >= 11 is 0. The molecule has 112 valence electrons. The molecule has 0 saturated carbocycles. The minimum atomic E-state index is -3.92. The van der Waals surface area contributed by atoms with Gasteiger partial charge in [0, 0.05) is 23.4 Å². The maximum atomic E-state index is 12.2. The molecule has 2 aromatic rings. The zero-order valence-corrected chi connectivity index (χ0v) is 12.3. The third-order valence-electron chi connectivity index (χ3n) is 2.94. The van der Waals surface area contributed by atoms with E-state index in [1.807, 2.05) is 6.92 Å². The van der Waals surface area contributed by atoms with Crippen LogP contribution < -0.4 is 4.72 Å². The van der Waals surface area contributed by atoms with E-state index in [2.05, 4.69) is 14.9 Å². The van der Waals surface area contributed by atoms with Gasteiger partial charge in [-0.15, -0.1) is 0 Å². The highest BCUT2D eigenvalue weighted by atomic mass is 32.2. The second-order valence-electron chi connectivity index (χ2n) is 4.44. The molecule has 0 unspecified atom stereocenters. The van der Waals surface area contributed by atoms with Crippen LogP contribution in [0.5, 0.6) is 0 Å². The number of hydrogen-bond donors (Lipinski definition) is 2. The number of nitro groups is 1. The fourth-order valence-corrected chi connectivity index (χ4v) is 2.76. The quantitative estimate of drug-likeness (QED) is 0.646. The molecule has 0 bridgehead atoms. The standard InChI is InChI=1S/C12H14N4O4S/c1-3-9-6-12(14-13-9)15-21(19,20)10-5-4-8(2)11(7-10)16(17)18/h4-7H,3H2,1-2H3,(H2,13,14,15). The molecule has 9 heteroatoms. The first-order valence-corrected chi connectivity index (χ1v) is 7.64. The predicted octanol–water partition coefficient (Wildman–Crippen LogP) is 1.99. The summed E-state index contributed by atoms with van der Waals surface area (Å²) in [5, 5.41) is 17.4. The molecule has 0 fully saturated rings. The molecule has 1 heterocycles. The first-order chi connectivity index (χ1) is 9.83. The number of anilines is 1. The van der Waals surface area contributed by atoms with Gasteiger partial charge in [0.25, 0.3) is 15.7 Å². The lowest BCUT2D eigenvalue weighted by Gasteiger charge is -2.06. The van der Waals surface area contributed by atoms with Crippen LogP contribution in [0.1, 0.15) is 18.2 Å². The predicted molar refractivity (Wildman–Crippen MR) is 76.6 cm³/mol. The minimum absolute atomic E-state index is 0.148. The molecule has 21 heavy (non-hydrogen) atoms. The molecule has 0 aliphatic heterocycles. The van der Waals surface area contributed by atoms with E-state index < -0.39 is 14.9 Å². The van der Waals surface area contributed by atoms with Crippen LogP contribution >= 0.6 is 0 Å². The molecule has 0 radical (unpaired) electrons. The summed E-state index contributed by atoms with van der Waals surface area (Å²) in [7, 11) is -3.92. The van der Waals surface area contributed by atoms with Crippen molar-refractivity contribution < 1.29 is 13.3 Å². The average Bonchev–Trinajstić information content (AvgIpc) is 2.85. The molecule has 1 aromatic carbocycles. The Morgan fingerprint density at radius 1 is 1.38 bits per heavy atom. The molecule has 0 aliphatic carbocycles. The zero-order chi connectivity index (χ0) is 15.6. The van der Waals surface area contributed by atoms with E-state index in [1.165, 1.54) is 12.1 Å². The number of benzene rings is 1. The van der Waals surface area contributed by atoms with Gasteiger partial charge in [-0.3, -0.25) is 19.9 Å². The Bertz CT molecular complexity index is 782. The van der Waals surface area contributed by atoms with Crippen LogP contribution in [-0.2, 0) is 16.4 Å². The number of H-pyrrole nitrogens is 1. The number of nitro benzene ring substituents is 1. The number of aryl methyl sites for hydroxylation is 2. The molecule has 0 atom stereocenters. The lowest BCUT2D eigenvalue weighted by Crippen LogP contribution is -2.13. The van der Waals surface area contributed by atoms with Crippen LogP contribution in [0.4, 0.5) is 11.5 Å². The van der Waals surface area contributed by atoms with Gasteiger partial charge in [-0.05, 0) is 19.4 Å². The van der Waals surface area contributed by atoms with Crippen LogP contribution in [-0.4, -0.2) is 23.5 Å². The molecule has 1 aromatic heterocycles. The molecule has 2 N–H and O–H groups in total. The van der Waals surface area contributed by atoms with E-state index in [0.717, 1.165) is 11.8 Å². The Hall–Kier alpha value is -2.42. The number of hydrogen-bond acceptors (Lipinski definition) is 5. The molecular formula is C12H14N4O4S. The van der Waals surface area contributed by atoms with Gasteiger partial charge >= 0.3 is 0 Å². The van der Waals surface area contributed by atoms with E-state index in [1.54, 1.807) is 13.0 Å². The van der Waals surface area contributed by atoms with E-state index in [9.17, 15) is 18.5 Å². The number of rotatable bonds is 5. The number of nitrogens with one attached hydrogen (secondary N) is 2. The normalized spacial score (nSPS) is 11.3. The number of aromatic nitrogens is 2. The molecule has 0 aliphatic rings. The van der Waals surface area contributed by atoms with Crippen LogP contribution in [0.25, 0.3) is 0 Å². The summed E-state index contributed by atoms with van der Waals surface area (Å²) in [6.07, 6.45) is 0.685. The summed E-state index contributed by atoms with van der Waals surface area (Å²) in [6.45, 7) is 3.44. The van der Waals surface area contributed by atoms with Crippen molar-refractivity contribution in [2.75, 3.05) is 4.72 Å². The third-order valence-corrected chi connectivity index (χ3v) is 4.29. The van der Waals surface area contributed by atoms with E-state index >= 15 is 0 Å². The highest BCUT2D eigenvalue weighted by Gasteiger charge is 2.20. The largest absolute Gasteiger partial charge is 0.280 e. The maximum absolute atomic E-state index is 12.2. The maximum Gasteiger partial charge on any atom is 0.273 e. The van der Waals surface area contributed by atoms with Crippen molar-refractivity contribution in [2.45, 2.75) is 25.2 Å². The second kappa shape index (κ2) is 5.52. The second-order valence-corrected chi connectivity index (χ2v) is 6.13. The highest BCUT2D eigenvalue weighted by molar-refractivity contribution is 7.92. The minimum Gasteiger partial charge on any atom is -0.280 e. The van der Waals surface area contributed by atoms with Crippen molar-refractivity contribution >= 4 is 21.5 Å². The molecule has 8 nitrogen and oxygen atoms in total. The Morgan fingerprint density at radius 2 is 2.10 bits per heavy atom. The van der Waals surface area contributed by atoms with Crippen LogP contribution in [0.2, 0.25) is 0 Å². The van der Waals surface area contributed by atoms with Crippen molar-refractivity contribution in [3.63, 3.8) is 0 Å². The molecular weight excluding hydrogens is 296 g/mol. The molecule has 0 amide bonds. The van der Waals surface area contributed by atoms with Gasteiger partial charge in [0.05, 0.1) is 9.82 Å². The fourth-order valence-electron chi connectivity index (χ4n) is 1.74. The van der Waals surface area contributed by atoms with E-state index in [4.69, 9.17) is 0 Å². The monoisotopic (exact) mass is 310 g/mol. The number of aromatic amines is 1. The molecule has 0 spiro atoms. The first kappa shape index (κ1) is 15.0. The van der Waals surface area contributed by atoms with Gasteiger partial charge in [-0.2, -0.15) is 5.10 Å². The zero-order valence-electron chi connectivity index (χ0n) is 11.5. The summed E-state index contributed by atoms with van der Waals surface area (Å²) in [6, 6.07) is 5.32. The summed E-state index contributed by atoms with van der Waals surface area (Å²) < 4.78 is 26.7. The van der Waals surface area contributed by atoms with Crippen molar-refractivity contribution in [2.24, 2.45) is 0 Å². The third kappa shape index (κ3) is 3.19. The van der Waals surface area contributed by atoms with Crippen LogP contribution in [0.15, 0.2) is 29.2 Å². The lowest BCUT2D eigenvalue weighted by atomic mass is 10.2. The highest BCUT2D eigenvalue weighted by Crippen LogP contribution is 2.23. The summed E-state index contributed by atoms with van der Waals surface area (Å²) in [5.74, 6) is 0.148. The SMILES string of the molecule is CCc1cc(NS(=O)(=O)c2ccc(C)c([N+](=O)[O-])c2)n[nH]1. The Labute approximate surface area is 121 Å². The van der Waals surface area contributed by atoms with Crippen molar-refractivity contribution in [3.8, 4) is 0 Å². The Kier molecular flexibility index (Phi) is 3.94. The van der Waals surface area contributed by atoms with Crippen LogP contribution in [0.3, 0.4) is 0 Å². The topological polar surface area (TPSA) is 118 Å². The van der Waals surface area contributed by atoms with Crippen molar-refractivity contribution in [3.05, 3.63) is 45.6 Å². The van der Waals surface area contributed by atoms with E-state index in [-0.39, 0.29) is 16.4 Å². The summed E-state index contributed by atoms with van der Waals surface area (Å²) in [5.41, 5.74) is 0.934.